The van der Waals surface area contributed by atoms with E-state index < -0.39 is 0 Å². The second-order valence-corrected chi connectivity index (χ2v) is 7.25. The lowest BCUT2D eigenvalue weighted by molar-refractivity contribution is 0.890. The highest BCUT2D eigenvalue weighted by Crippen LogP contribution is 2.36. The van der Waals surface area contributed by atoms with Gasteiger partial charge in [0.05, 0.1) is 14.7 Å². The Bertz CT molecular complexity index is 568. The van der Waals surface area contributed by atoms with Crippen molar-refractivity contribution in [3.8, 4) is 0 Å². The van der Waals surface area contributed by atoms with Crippen LogP contribution in [0.1, 0.15) is 24.1 Å². The van der Waals surface area contributed by atoms with Crippen LogP contribution in [0.4, 0.5) is 5.69 Å². The normalized spacial score (nSPS) is 12.5. The molecule has 1 atom stereocenters. The van der Waals surface area contributed by atoms with Gasteiger partial charge in [-0.2, -0.15) is 0 Å². The first-order valence-corrected chi connectivity index (χ1v) is 7.81. The van der Waals surface area contributed by atoms with Crippen LogP contribution in [0.25, 0.3) is 0 Å². The molecule has 0 aliphatic carbocycles. The largest absolute Gasteiger partial charge is 0.378 e. The Morgan fingerprint density at radius 1 is 1.28 bits per heavy atom. The van der Waals surface area contributed by atoms with Gasteiger partial charge < -0.3 is 5.32 Å². The minimum atomic E-state index is 0.121. The van der Waals surface area contributed by atoms with Crippen molar-refractivity contribution in [1.29, 1.82) is 0 Å². The number of nitrogens with one attached hydrogen (secondary N) is 1. The summed E-state index contributed by atoms with van der Waals surface area (Å²) in [7, 11) is 0. The molecule has 0 aliphatic heterocycles. The van der Waals surface area contributed by atoms with Gasteiger partial charge in [0.2, 0.25) is 0 Å². The van der Waals surface area contributed by atoms with E-state index in [0.717, 1.165) is 20.1 Å². The summed E-state index contributed by atoms with van der Waals surface area (Å²) in [6.45, 7) is 4.13. The Kier molecular flexibility index (Phi) is 4.59. The molecule has 0 radical (unpaired) electrons. The number of benzene rings is 1. The minimum absolute atomic E-state index is 0.121. The standard InChI is InChI=1S/C13H12BrCl2NS/c1-7-3-4-9(5-11(7)14)17-8(2)10-6-12(15)18-13(10)16/h3-6,8,17H,1-2H3. The Balaban J connectivity index is 2.18. The lowest BCUT2D eigenvalue weighted by Gasteiger charge is -2.15. The first-order valence-electron chi connectivity index (χ1n) is 5.45. The van der Waals surface area contributed by atoms with Gasteiger partial charge in [0.1, 0.15) is 0 Å². The van der Waals surface area contributed by atoms with Gasteiger partial charge in [-0.15, -0.1) is 11.3 Å². The number of rotatable bonds is 3. The van der Waals surface area contributed by atoms with E-state index >= 15 is 0 Å². The molecular formula is C13H12BrCl2NS. The van der Waals surface area contributed by atoms with Gasteiger partial charge in [-0.1, -0.05) is 45.2 Å². The molecule has 1 N–H and O–H groups in total. The third kappa shape index (κ3) is 3.21. The molecule has 0 amide bonds. The van der Waals surface area contributed by atoms with Crippen LogP contribution >= 0.6 is 50.5 Å². The molecule has 1 heterocycles. The first kappa shape index (κ1) is 14.2. The predicted molar refractivity (Wildman–Crippen MR) is 85.3 cm³/mol. The van der Waals surface area contributed by atoms with E-state index in [1.165, 1.54) is 16.9 Å². The quantitative estimate of drug-likeness (QED) is 0.673. The van der Waals surface area contributed by atoms with Crippen LogP contribution in [-0.2, 0) is 0 Å². The minimum Gasteiger partial charge on any atom is -0.378 e. The summed E-state index contributed by atoms with van der Waals surface area (Å²) in [5.74, 6) is 0. The number of halogens is 3. The van der Waals surface area contributed by atoms with E-state index in [4.69, 9.17) is 23.2 Å². The number of hydrogen-bond donors (Lipinski definition) is 1. The van der Waals surface area contributed by atoms with Gasteiger partial charge in [-0.25, -0.2) is 0 Å². The summed E-state index contributed by atoms with van der Waals surface area (Å²) in [5.41, 5.74) is 3.30. The Hall–Kier alpha value is -0.220. The molecule has 0 bridgehead atoms. The second kappa shape index (κ2) is 5.83. The molecule has 1 aromatic carbocycles. The predicted octanol–water partition coefficient (Wildman–Crippen LogP) is 6.30. The van der Waals surface area contributed by atoms with E-state index in [9.17, 15) is 0 Å². The van der Waals surface area contributed by atoms with Crippen molar-refractivity contribution in [2.45, 2.75) is 19.9 Å². The molecule has 1 nitrogen and oxygen atoms in total. The van der Waals surface area contributed by atoms with Gasteiger partial charge in [-0.3, -0.25) is 0 Å². The molecule has 0 fully saturated rings. The molecule has 0 saturated carbocycles. The maximum absolute atomic E-state index is 6.15. The van der Waals surface area contributed by atoms with Crippen LogP contribution in [0.2, 0.25) is 8.67 Å². The fourth-order valence-electron chi connectivity index (χ4n) is 1.66. The van der Waals surface area contributed by atoms with Crippen LogP contribution in [0.3, 0.4) is 0 Å². The summed E-state index contributed by atoms with van der Waals surface area (Å²) in [5, 5.41) is 3.41. The van der Waals surface area contributed by atoms with Crippen molar-refractivity contribution in [2.24, 2.45) is 0 Å². The molecular weight excluding hydrogens is 353 g/mol. The molecule has 1 unspecified atom stereocenters. The number of anilines is 1. The maximum Gasteiger partial charge on any atom is 0.0996 e. The summed E-state index contributed by atoms with van der Waals surface area (Å²) in [6.07, 6.45) is 0. The SMILES string of the molecule is Cc1ccc(NC(C)c2cc(Cl)sc2Cl)cc1Br. The number of hydrogen-bond acceptors (Lipinski definition) is 2. The molecule has 2 aromatic rings. The maximum atomic E-state index is 6.15. The van der Waals surface area contributed by atoms with E-state index in [-0.39, 0.29) is 6.04 Å². The zero-order chi connectivity index (χ0) is 13.3. The van der Waals surface area contributed by atoms with Crippen LogP contribution in [0.15, 0.2) is 28.7 Å². The molecule has 0 aliphatic rings. The average Bonchev–Trinajstić information content (AvgIpc) is 2.63. The molecule has 0 spiro atoms. The fraction of sp³-hybridized carbons (Fsp3) is 0.231. The van der Waals surface area contributed by atoms with E-state index in [1.54, 1.807) is 0 Å². The highest BCUT2D eigenvalue weighted by Gasteiger charge is 2.13. The molecule has 18 heavy (non-hydrogen) atoms. The lowest BCUT2D eigenvalue weighted by atomic mass is 10.1. The lowest BCUT2D eigenvalue weighted by Crippen LogP contribution is -2.06. The second-order valence-electron chi connectivity index (χ2n) is 4.11. The Labute approximate surface area is 129 Å². The molecule has 96 valence electrons. The van der Waals surface area contributed by atoms with Crippen molar-refractivity contribution in [3.63, 3.8) is 0 Å². The van der Waals surface area contributed by atoms with Crippen LogP contribution < -0.4 is 5.32 Å². The Morgan fingerprint density at radius 3 is 2.56 bits per heavy atom. The van der Waals surface area contributed by atoms with E-state index in [2.05, 4.69) is 53.3 Å². The third-order valence-electron chi connectivity index (χ3n) is 2.70. The topological polar surface area (TPSA) is 12.0 Å². The van der Waals surface area contributed by atoms with Gasteiger partial charge in [0.25, 0.3) is 0 Å². The number of aryl methyl sites for hydroxylation is 1. The summed E-state index contributed by atoms with van der Waals surface area (Å²) >= 11 is 17.0. The van der Waals surface area contributed by atoms with Gasteiger partial charge in [0.15, 0.2) is 0 Å². The van der Waals surface area contributed by atoms with Crippen molar-refractivity contribution in [3.05, 3.63) is 48.5 Å². The van der Waals surface area contributed by atoms with Crippen molar-refractivity contribution in [2.75, 3.05) is 5.32 Å². The van der Waals surface area contributed by atoms with Crippen LogP contribution in [0.5, 0.6) is 0 Å². The third-order valence-corrected chi connectivity index (χ3v) is 5.08. The van der Waals surface area contributed by atoms with Crippen LogP contribution in [-0.4, -0.2) is 0 Å². The molecule has 5 heteroatoms. The molecule has 2 rings (SSSR count). The van der Waals surface area contributed by atoms with Crippen molar-refractivity contribution in [1.82, 2.24) is 0 Å². The van der Waals surface area contributed by atoms with Gasteiger partial charge in [-0.05, 0) is 37.6 Å². The monoisotopic (exact) mass is 363 g/mol. The van der Waals surface area contributed by atoms with E-state index in [1.807, 2.05) is 6.07 Å². The fourth-order valence-corrected chi connectivity index (χ4v) is 3.68. The van der Waals surface area contributed by atoms with Crippen molar-refractivity contribution < 1.29 is 0 Å². The molecule has 0 saturated heterocycles. The highest BCUT2D eigenvalue weighted by atomic mass is 79.9. The zero-order valence-corrected chi connectivity index (χ0v) is 13.8. The molecule has 1 aromatic heterocycles. The average molecular weight is 365 g/mol. The smallest absolute Gasteiger partial charge is 0.0996 e. The summed E-state index contributed by atoms with van der Waals surface area (Å²) in [4.78, 5) is 0. The number of thiophene rings is 1. The van der Waals surface area contributed by atoms with E-state index in [0.29, 0.717) is 4.34 Å². The van der Waals surface area contributed by atoms with Crippen LogP contribution in [0, 0.1) is 6.92 Å². The van der Waals surface area contributed by atoms with Gasteiger partial charge >= 0.3 is 0 Å². The summed E-state index contributed by atoms with van der Waals surface area (Å²) in [6, 6.07) is 8.22. The Morgan fingerprint density at radius 2 is 2.00 bits per heavy atom. The first-order chi connectivity index (χ1) is 8.47. The zero-order valence-electron chi connectivity index (χ0n) is 9.93. The highest BCUT2D eigenvalue weighted by molar-refractivity contribution is 9.10. The van der Waals surface area contributed by atoms with Crippen molar-refractivity contribution >= 4 is 56.2 Å². The van der Waals surface area contributed by atoms with Gasteiger partial charge in [0, 0.05) is 15.7 Å². The summed E-state index contributed by atoms with van der Waals surface area (Å²) < 4.78 is 2.55.